The van der Waals surface area contributed by atoms with Gasteiger partial charge in [-0.3, -0.25) is 14.7 Å². The van der Waals surface area contributed by atoms with Crippen molar-refractivity contribution >= 4 is 16.8 Å². The third kappa shape index (κ3) is 3.88. The molecular weight excluding hydrogens is 384 g/mol. The van der Waals surface area contributed by atoms with Crippen molar-refractivity contribution in [3.8, 4) is 5.75 Å². The molecule has 8 heteroatoms. The number of pyridine rings is 1. The molecule has 2 fully saturated rings. The van der Waals surface area contributed by atoms with Gasteiger partial charge in [0.25, 0.3) is 5.91 Å². The topological polar surface area (TPSA) is 89.7 Å². The fraction of sp³-hybridized carbons (Fsp3) is 0.409. The minimum atomic E-state index is -0.253. The summed E-state index contributed by atoms with van der Waals surface area (Å²) >= 11 is 0. The second-order valence-electron chi connectivity index (χ2n) is 7.67. The number of hydrogen-bond acceptors (Lipinski definition) is 7. The Labute approximate surface area is 174 Å². The van der Waals surface area contributed by atoms with E-state index < -0.39 is 0 Å². The van der Waals surface area contributed by atoms with Crippen molar-refractivity contribution < 1.29 is 18.7 Å². The molecule has 30 heavy (non-hydrogen) atoms. The van der Waals surface area contributed by atoms with E-state index >= 15 is 0 Å². The molecule has 0 spiro atoms. The summed E-state index contributed by atoms with van der Waals surface area (Å²) in [7, 11) is 0. The molecule has 1 aromatic carbocycles. The normalized spacial score (nSPS) is 21.9. The van der Waals surface area contributed by atoms with Gasteiger partial charge < -0.3 is 19.2 Å². The Morgan fingerprint density at radius 1 is 1.20 bits per heavy atom. The monoisotopic (exact) mass is 408 g/mol. The quantitative estimate of drug-likeness (QED) is 0.670. The second-order valence-corrected chi connectivity index (χ2v) is 7.67. The third-order valence-corrected chi connectivity index (χ3v) is 5.71. The van der Waals surface area contributed by atoms with Gasteiger partial charge in [-0.15, -0.1) is 0 Å². The van der Waals surface area contributed by atoms with Gasteiger partial charge >= 0.3 is 0 Å². The summed E-state index contributed by atoms with van der Waals surface area (Å²) in [5.41, 5.74) is 1.02. The van der Waals surface area contributed by atoms with Crippen LogP contribution in [0.2, 0.25) is 0 Å². The lowest BCUT2D eigenvalue weighted by Gasteiger charge is -2.27. The van der Waals surface area contributed by atoms with Crippen molar-refractivity contribution in [2.75, 3.05) is 26.3 Å². The van der Waals surface area contributed by atoms with Crippen LogP contribution in [0, 0.1) is 0 Å². The van der Waals surface area contributed by atoms with Gasteiger partial charge in [-0.25, -0.2) is 4.98 Å². The minimum absolute atomic E-state index is 0.0336. The van der Waals surface area contributed by atoms with Crippen LogP contribution >= 0.6 is 0 Å². The number of hydrogen-bond donors (Lipinski definition) is 1. The van der Waals surface area contributed by atoms with E-state index in [0.717, 1.165) is 24.0 Å². The molecule has 8 nitrogen and oxygen atoms in total. The largest absolute Gasteiger partial charge is 0.482 e. The summed E-state index contributed by atoms with van der Waals surface area (Å²) in [5, 5.41) is 4.05. The van der Waals surface area contributed by atoms with Crippen molar-refractivity contribution in [1.82, 2.24) is 20.2 Å². The van der Waals surface area contributed by atoms with Crippen molar-refractivity contribution in [1.29, 1.82) is 0 Å². The Hall–Kier alpha value is -2.97. The number of para-hydroxylation sites is 1. The number of nitrogens with one attached hydrogen (secondary N) is 1. The van der Waals surface area contributed by atoms with Crippen LogP contribution in [0.5, 0.6) is 5.75 Å². The molecule has 4 heterocycles. The zero-order valence-corrected chi connectivity index (χ0v) is 16.6. The van der Waals surface area contributed by atoms with Gasteiger partial charge in [-0.1, -0.05) is 18.2 Å². The number of fused-ring (bicyclic) bond motifs is 1. The summed E-state index contributed by atoms with van der Waals surface area (Å²) in [6.45, 7) is 3.42. The Morgan fingerprint density at radius 3 is 2.97 bits per heavy atom. The molecule has 2 aliphatic rings. The van der Waals surface area contributed by atoms with Crippen molar-refractivity contribution in [2.24, 2.45) is 0 Å². The van der Waals surface area contributed by atoms with Crippen molar-refractivity contribution in [2.45, 2.75) is 31.5 Å². The van der Waals surface area contributed by atoms with Crippen LogP contribution in [0.25, 0.3) is 10.9 Å². The first-order valence-corrected chi connectivity index (χ1v) is 10.3. The van der Waals surface area contributed by atoms with Crippen LogP contribution in [0.3, 0.4) is 0 Å². The highest BCUT2D eigenvalue weighted by atomic mass is 16.5. The molecule has 2 saturated heterocycles. The average Bonchev–Trinajstić information content (AvgIpc) is 3.53. The standard InChI is InChI=1S/C22H24N4O4/c27-22(25-16-11-28-13-18(16)26-9-1-2-10-26)17-12-30-20(24-17)14-29-19-7-3-5-15-6-4-8-23-21(15)19/h3-8,12,16,18H,1-2,9-11,13-14H2,(H,25,27)/t16-,18-/m0/s1. The molecule has 0 aliphatic carbocycles. The van der Waals surface area contributed by atoms with Gasteiger partial charge in [0.05, 0.1) is 25.3 Å². The lowest BCUT2D eigenvalue weighted by atomic mass is 10.1. The highest BCUT2D eigenvalue weighted by Gasteiger charge is 2.35. The molecule has 0 saturated carbocycles. The van der Waals surface area contributed by atoms with Crippen LogP contribution in [-0.2, 0) is 11.3 Å². The summed E-state index contributed by atoms with van der Waals surface area (Å²) in [6.07, 6.45) is 5.51. The minimum Gasteiger partial charge on any atom is -0.482 e. The molecule has 156 valence electrons. The first-order chi connectivity index (χ1) is 14.8. The zero-order chi connectivity index (χ0) is 20.3. The van der Waals surface area contributed by atoms with Crippen LogP contribution in [0.1, 0.15) is 29.2 Å². The SMILES string of the molecule is O=C(N[C@H]1COC[C@@H]1N1CCCC1)c1coc(COc2cccc3cccnc23)n1. The van der Waals surface area contributed by atoms with Crippen molar-refractivity contribution in [3.63, 3.8) is 0 Å². The Bertz CT molecular complexity index is 1030. The van der Waals surface area contributed by atoms with E-state index in [2.05, 4.69) is 20.2 Å². The van der Waals surface area contributed by atoms with Gasteiger partial charge in [0.1, 0.15) is 17.5 Å². The molecule has 3 aromatic rings. The van der Waals surface area contributed by atoms with Gasteiger partial charge in [0, 0.05) is 11.6 Å². The van der Waals surface area contributed by atoms with Crippen LogP contribution < -0.4 is 10.1 Å². The molecule has 2 aliphatic heterocycles. The van der Waals surface area contributed by atoms with Crippen LogP contribution in [-0.4, -0.2) is 59.2 Å². The first-order valence-electron chi connectivity index (χ1n) is 10.3. The van der Waals surface area contributed by atoms with Crippen LogP contribution in [0.15, 0.2) is 47.2 Å². The van der Waals surface area contributed by atoms with E-state index in [0.29, 0.717) is 24.9 Å². The molecule has 2 aromatic heterocycles. The lowest BCUT2D eigenvalue weighted by Crippen LogP contribution is -2.50. The van der Waals surface area contributed by atoms with E-state index in [1.807, 2.05) is 30.3 Å². The maximum absolute atomic E-state index is 12.7. The van der Waals surface area contributed by atoms with Gasteiger partial charge in [-0.2, -0.15) is 0 Å². The molecule has 1 N–H and O–H groups in total. The first kappa shape index (κ1) is 19.0. The summed E-state index contributed by atoms with van der Waals surface area (Å²) in [5.74, 6) is 0.734. The maximum atomic E-state index is 12.7. The van der Waals surface area contributed by atoms with Crippen molar-refractivity contribution in [3.05, 3.63) is 54.4 Å². The number of oxazole rings is 1. The Morgan fingerprint density at radius 2 is 2.07 bits per heavy atom. The van der Waals surface area contributed by atoms with E-state index in [1.165, 1.54) is 19.1 Å². The average molecular weight is 408 g/mol. The number of nitrogens with zero attached hydrogens (tertiary/aromatic N) is 3. The fourth-order valence-electron chi connectivity index (χ4n) is 4.17. The van der Waals surface area contributed by atoms with E-state index in [4.69, 9.17) is 13.9 Å². The van der Waals surface area contributed by atoms with Gasteiger partial charge in [0.2, 0.25) is 5.89 Å². The van der Waals surface area contributed by atoms with E-state index in [1.54, 1.807) is 6.20 Å². The summed E-state index contributed by atoms with van der Waals surface area (Å²) < 4.78 is 16.9. The number of benzene rings is 1. The Balaban J connectivity index is 1.21. The predicted octanol–water partition coefficient (Wildman–Crippen LogP) is 2.39. The number of carbonyl (C=O) groups excluding carboxylic acids is 1. The fourth-order valence-corrected chi connectivity index (χ4v) is 4.17. The van der Waals surface area contributed by atoms with E-state index in [-0.39, 0.29) is 30.3 Å². The molecule has 0 radical (unpaired) electrons. The number of carbonyl (C=O) groups is 1. The van der Waals surface area contributed by atoms with E-state index in [9.17, 15) is 4.79 Å². The molecule has 2 atom stereocenters. The molecular formula is C22H24N4O4. The third-order valence-electron chi connectivity index (χ3n) is 5.71. The number of amides is 1. The number of likely N-dealkylation sites (tertiary alicyclic amines) is 1. The zero-order valence-electron chi connectivity index (χ0n) is 16.6. The molecule has 0 unspecified atom stereocenters. The molecule has 0 bridgehead atoms. The highest BCUT2D eigenvalue weighted by Crippen LogP contribution is 2.24. The highest BCUT2D eigenvalue weighted by molar-refractivity contribution is 5.92. The van der Waals surface area contributed by atoms with Gasteiger partial charge in [-0.05, 0) is 38.1 Å². The number of aromatic nitrogens is 2. The smallest absolute Gasteiger partial charge is 0.273 e. The Kier molecular flexibility index (Phi) is 5.33. The van der Waals surface area contributed by atoms with Crippen LogP contribution in [0.4, 0.5) is 0 Å². The second kappa shape index (κ2) is 8.41. The predicted molar refractivity (Wildman–Crippen MR) is 109 cm³/mol. The maximum Gasteiger partial charge on any atom is 0.273 e. The summed E-state index contributed by atoms with van der Waals surface area (Å²) in [6, 6.07) is 9.79. The summed E-state index contributed by atoms with van der Waals surface area (Å²) in [4.78, 5) is 23.7. The molecule has 1 amide bonds. The number of rotatable bonds is 6. The lowest BCUT2D eigenvalue weighted by molar-refractivity contribution is 0.0911. The number of ether oxygens (including phenoxy) is 2. The molecule has 5 rings (SSSR count). The van der Waals surface area contributed by atoms with Gasteiger partial charge in [0.15, 0.2) is 12.3 Å².